The molecule has 0 N–H and O–H groups in total. The maximum Gasteiger partial charge on any atom is 0.254 e. The van der Waals surface area contributed by atoms with Crippen LogP contribution in [0.25, 0.3) is 0 Å². The maximum absolute atomic E-state index is 13.3. The molecule has 0 radical (unpaired) electrons. The van der Waals surface area contributed by atoms with E-state index in [4.69, 9.17) is 9.47 Å². The number of aryl methyl sites for hydroxylation is 1. The van der Waals surface area contributed by atoms with Gasteiger partial charge in [0, 0.05) is 37.1 Å². The number of hydrogen-bond donors (Lipinski definition) is 0. The van der Waals surface area contributed by atoms with Gasteiger partial charge in [0.25, 0.3) is 5.91 Å². The average Bonchev–Trinajstić information content (AvgIpc) is 3.41. The Morgan fingerprint density at radius 1 is 1.16 bits per heavy atom. The van der Waals surface area contributed by atoms with Gasteiger partial charge in [0.1, 0.15) is 6.54 Å². The molecule has 2 aromatic rings. The van der Waals surface area contributed by atoms with Crippen LogP contribution in [0.2, 0.25) is 0 Å². The third-order valence-corrected chi connectivity index (χ3v) is 5.85. The lowest BCUT2D eigenvalue weighted by molar-refractivity contribution is -0.133. The van der Waals surface area contributed by atoms with E-state index in [9.17, 15) is 9.59 Å². The van der Waals surface area contributed by atoms with Crippen molar-refractivity contribution < 1.29 is 19.1 Å². The molecule has 7 heteroatoms. The van der Waals surface area contributed by atoms with E-state index < -0.39 is 0 Å². The Kier molecular flexibility index (Phi) is 7.60. The smallest absolute Gasteiger partial charge is 0.254 e. The molecule has 3 rings (SSSR count). The molecule has 0 unspecified atom stereocenters. The topological polar surface area (TPSA) is 64.0 Å². The highest BCUT2D eigenvalue weighted by molar-refractivity contribution is 5.97. The number of benzene rings is 1. The van der Waals surface area contributed by atoms with Crippen LogP contribution in [0.3, 0.4) is 0 Å². The summed E-state index contributed by atoms with van der Waals surface area (Å²) in [5.41, 5.74) is 1.57. The molecule has 1 aromatic carbocycles. The Morgan fingerprint density at radius 2 is 1.94 bits per heavy atom. The number of hydrogen-bond acceptors (Lipinski definition) is 4. The first kappa shape index (κ1) is 22.7. The molecule has 0 bridgehead atoms. The first-order valence-electron chi connectivity index (χ1n) is 11.0. The van der Waals surface area contributed by atoms with Gasteiger partial charge in [-0.2, -0.15) is 0 Å². The van der Waals surface area contributed by atoms with Crippen LogP contribution in [0.5, 0.6) is 11.5 Å². The predicted molar refractivity (Wildman–Crippen MR) is 119 cm³/mol. The number of fused-ring (bicyclic) bond motifs is 1. The van der Waals surface area contributed by atoms with E-state index in [2.05, 4.69) is 6.92 Å². The summed E-state index contributed by atoms with van der Waals surface area (Å²) in [5.74, 6) is 0.991. The van der Waals surface area contributed by atoms with Crippen LogP contribution in [0.4, 0.5) is 0 Å². The molecule has 168 valence electrons. The molecule has 1 aliphatic rings. The Morgan fingerprint density at radius 3 is 2.61 bits per heavy atom. The summed E-state index contributed by atoms with van der Waals surface area (Å²) in [5, 5.41) is 0. The second kappa shape index (κ2) is 10.4. The van der Waals surface area contributed by atoms with Gasteiger partial charge in [-0.05, 0) is 50.1 Å². The van der Waals surface area contributed by atoms with E-state index in [0.717, 1.165) is 25.0 Å². The molecule has 0 fully saturated rings. The lowest BCUT2D eigenvalue weighted by Gasteiger charge is -2.31. The standard InChI is InChI=1S/C24H33N3O4/c1-5-7-13-26(15-20-9-8-12-25(20)4)23(28)16-27(18(3)6-2)24(29)19-10-11-21-22(14-19)31-17-30-21/h8-12,14,18H,5-7,13,15-17H2,1-4H3/t18-/m1/s1. The number of unbranched alkanes of at least 4 members (excludes halogenated alkanes) is 1. The minimum Gasteiger partial charge on any atom is -0.454 e. The summed E-state index contributed by atoms with van der Waals surface area (Å²) in [7, 11) is 1.98. The number of ether oxygens (including phenoxy) is 2. The van der Waals surface area contributed by atoms with E-state index in [1.807, 2.05) is 48.7 Å². The zero-order valence-corrected chi connectivity index (χ0v) is 19.0. The highest BCUT2D eigenvalue weighted by Gasteiger charge is 2.27. The summed E-state index contributed by atoms with van der Waals surface area (Å²) in [6, 6.07) is 9.11. The molecule has 7 nitrogen and oxygen atoms in total. The molecule has 1 atom stereocenters. The van der Waals surface area contributed by atoms with Crippen LogP contribution in [-0.2, 0) is 18.4 Å². The van der Waals surface area contributed by atoms with Gasteiger partial charge < -0.3 is 23.8 Å². The second-order valence-electron chi connectivity index (χ2n) is 8.04. The summed E-state index contributed by atoms with van der Waals surface area (Å²) in [4.78, 5) is 30.2. The van der Waals surface area contributed by atoms with Crippen LogP contribution in [-0.4, -0.2) is 52.1 Å². The third-order valence-electron chi connectivity index (χ3n) is 5.85. The average molecular weight is 428 g/mol. The van der Waals surface area contributed by atoms with E-state index >= 15 is 0 Å². The third kappa shape index (κ3) is 5.40. The molecular formula is C24H33N3O4. The fourth-order valence-corrected chi connectivity index (χ4v) is 3.59. The molecule has 2 heterocycles. The minimum absolute atomic E-state index is 0.0379. The number of amides is 2. The van der Waals surface area contributed by atoms with Crippen molar-refractivity contribution in [3.63, 3.8) is 0 Å². The summed E-state index contributed by atoms with van der Waals surface area (Å²) in [6.07, 6.45) is 4.67. The number of carbonyl (C=O) groups is 2. The fourth-order valence-electron chi connectivity index (χ4n) is 3.59. The van der Waals surface area contributed by atoms with E-state index in [1.165, 1.54) is 0 Å². The molecule has 31 heavy (non-hydrogen) atoms. The fraction of sp³-hybridized carbons (Fsp3) is 0.500. The van der Waals surface area contributed by atoms with Gasteiger partial charge in [-0.15, -0.1) is 0 Å². The van der Waals surface area contributed by atoms with Crippen molar-refractivity contribution in [2.24, 2.45) is 7.05 Å². The first-order chi connectivity index (χ1) is 14.9. The summed E-state index contributed by atoms with van der Waals surface area (Å²) in [6.45, 7) is 7.53. The molecule has 0 saturated carbocycles. The Hall–Kier alpha value is -2.96. The van der Waals surface area contributed by atoms with Crippen LogP contribution in [0.1, 0.15) is 56.1 Å². The highest BCUT2D eigenvalue weighted by Crippen LogP contribution is 2.33. The van der Waals surface area contributed by atoms with Gasteiger partial charge in [-0.3, -0.25) is 9.59 Å². The van der Waals surface area contributed by atoms with Crippen molar-refractivity contribution >= 4 is 11.8 Å². The van der Waals surface area contributed by atoms with E-state index in [0.29, 0.717) is 30.2 Å². The Labute approximate surface area is 184 Å². The van der Waals surface area contributed by atoms with Crippen molar-refractivity contribution in [3.05, 3.63) is 47.8 Å². The van der Waals surface area contributed by atoms with Gasteiger partial charge in [0.05, 0.1) is 6.54 Å². The SMILES string of the molecule is CCCCN(Cc1cccn1C)C(=O)CN(C(=O)c1ccc2c(c1)OCO2)[C@H](C)CC. The molecule has 1 aromatic heterocycles. The Balaban J connectivity index is 1.78. The van der Waals surface area contributed by atoms with Crippen LogP contribution >= 0.6 is 0 Å². The zero-order valence-electron chi connectivity index (χ0n) is 19.0. The quantitative estimate of drug-likeness (QED) is 0.578. The lowest BCUT2D eigenvalue weighted by atomic mass is 10.1. The number of aromatic nitrogens is 1. The number of nitrogens with zero attached hydrogens (tertiary/aromatic N) is 3. The van der Waals surface area contributed by atoms with Gasteiger partial charge in [-0.1, -0.05) is 20.3 Å². The largest absolute Gasteiger partial charge is 0.454 e. The minimum atomic E-state index is -0.171. The summed E-state index contributed by atoms with van der Waals surface area (Å²) >= 11 is 0. The van der Waals surface area contributed by atoms with Crippen LogP contribution < -0.4 is 9.47 Å². The van der Waals surface area contributed by atoms with Gasteiger partial charge in [0.15, 0.2) is 11.5 Å². The maximum atomic E-state index is 13.3. The van der Waals surface area contributed by atoms with Gasteiger partial charge >= 0.3 is 0 Å². The molecule has 2 amide bonds. The normalized spacial score (nSPS) is 13.2. The van der Waals surface area contributed by atoms with Crippen molar-refractivity contribution in [3.8, 4) is 11.5 Å². The van der Waals surface area contributed by atoms with Crippen LogP contribution in [0, 0.1) is 0 Å². The van der Waals surface area contributed by atoms with E-state index in [1.54, 1.807) is 23.1 Å². The zero-order chi connectivity index (χ0) is 22.4. The molecule has 1 aliphatic heterocycles. The van der Waals surface area contributed by atoms with Gasteiger partial charge in [-0.25, -0.2) is 0 Å². The number of rotatable bonds is 10. The van der Waals surface area contributed by atoms with Gasteiger partial charge in [0.2, 0.25) is 12.7 Å². The monoisotopic (exact) mass is 427 g/mol. The van der Waals surface area contributed by atoms with Crippen LogP contribution in [0.15, 0.2) is 36.5 Å². The van der Waals surface area contributed by atoms with Crippen molar-refractivity contribution in [2.75, 3.05) is 19.9 Å². The first-order valence-corrected chi connectivity index (χ1v) is 11.0. The molecule has 0 spiro atoms. The number of carbonyl (C=O) groups excluding carboxylic acids is 2. The van der Waals surface area contributed by atoms with Crippen molar-refractivity contribution in [1.29, 1.82) is 0 Å². The highest BCUT2D eigenvalue weighted by atomic mass is 16.7. The molecule has 0 saturated heterocycles. The van der Waals surface area contributed by atoms with E-state index in [-0.39, 0.29) is 31.2 Å². The van der Waals surface area contributed by atoms with Crippen molar-refractivity contribution in [2.45, 2.75) is 52.6 Å². The second-order valence-corrected chi connectivity index (χ2v) is 8.04. The predicted octanol–water partition coefficient (Wildman–Crippen LogP) is 3.82. The van der Waals surface area contributed by atoms with Crippen molar-refractivity contribution in [1.82, 2.24) is 14.4 Å². The molecular weight excluding hydrogens is 394 g/mol. The summed E-state index contributed by atoms with van der Waals surface area (Å²) < 4.78 is 12.8. The molecule has 0 aliphatic carbocycles. The Bertz CT molecular complexity index is 908. The lowest BCUT2D eigenvalue weighted by Crippen LogP contribution is -2.46.